The van der Waals surface area contributed by atoms with Gasteiger partial charge in [0, 0.05) is 43.3 Å². The number of amides is 1. The number of hydrogen-bond donors (Lipinski definition) is 2. The minimum Gasteiger partial charge on any atom is -0.396 e. The van der Waals surface area contributed by atoms with E-state index in [0.29, 0.717) is 35.9 Å². The second kappa shape index (κ2) is 12.1. The third-order valence-corrected chi connectivity index (χ3v) is 7.82. The first-order chi connectivity index (χ1) is 20.1. The van der Waals surface area contributed by atoms with E-state index >= 15 is 4.39 Å². The summed E-state index contributed by atoms with van der Waals surface area (Å²) in [5.41, 5.74) is 3.88. The van der Waals surface area contributed by atoms with Gasteiger partial charge in [0.2, 0.25) is 0 Å². The molecule has 0 atom stereocenters. The maximum absolute atomic E-state index is 15.1. The molecule has 9 nitrogen and oxygen atoms in total. The number of imidazole rings is 1. The number of fused-ring (bicyclic) bond motifs is 2. The summed E-state index contributed by atoms with van der Waals surface area (Å²) < 4.78 is 16.7. The minimum absolute atomic E-state index is 0.00134. The molecule has 3 aromatic heterocycles. The fourth-order valence-corrected chi connectivity index (χ4v) is 5.48. The van der Waals surface area contributed by atoms with Gasteiger partial charge in [0.05, 0.1) is 29.2 Å². The lowest BCUT2D eigenvalue weighted by Gasteiger charge is -2.31. The zero-order valence-corrected chi connectivity index (χ0v) is 22.7. The number of aromatic nitrogens is 5. The molecule has 1 saturated heterocycles. The van der Waals surface area contributed by atoms with E-state index in [1.165, 1.54) is 12.1 Å². The summed E-state index contributed by atoms with van der Waals surface area (Å²) in [7, 11) is 0. The Labute approximate surface area is 237 Å². The molecule has 1 aliphatic heterocycles. The smallest absolute Gasteiger partial charge is 0.254 e. The highest BCUT2D eigenvalue weighted by molar-refractivity contribution is 5.95. The number of aliphatic hydroxyl groups excluding tert-OH is 1. The van der Waals surface area contributed by atoms with Crippen LogP contribution in [0.15, 0.2) is 67.1 Å². The van der Waals surface area contributed by atoms with Crippen molar-refractivity contribution in [3.05, 3.63) is 89.8 Å². The molecule has 1 aliphatic rings. The molecule has 2 aromatic carbocycles. The van der Waals surface area contributed by atoms with Crippen LogP contribution in [0.25, 0.3) is 27.9 Å². The van der Waals surface area contributed by atoms with Gasteiger partial charge in [-0.3, -0.25) is 9.78 Å². The van der Waals surface area contributed by atoms with Crippen molar-refractivity contribution in [2.24, 2.45) is 5.92 Å². The lowest BCUT2D eigenvalue weighted by Crippen LogP contribution is -2.39. The molecule has 0 spiro atoms. The average molecular weight is 554 g/mol. The number of nitrogens with zero attached hydrogens (tertiary/aromatic N) is 6. The molecular weight excluding hydrogens is 521 g/mol. The first kappa shape index (κ1) is 26.9. The highest BCUT2D eigenvalue weighted by Crippen LogP contribution is 2.22. The van der Waals surface area contributed by atoms with E-state index < -0.39 is 11.7 Å². The molecule has 0 bridgehead atoms. The third kappa shape index (κ3) is 6.08. The Balaban J connectivity index is 1.11. The van der Waals surface area contributed by atoms with Gasteiger partial charge in [-0.25, -0.2) is 18.9 Å². The molecule has 6 rings (SSSR count). The van der Waals surface area contributed by atoms with Crippen molar-refractivity contribution < 1.29 is 14.3 Å². The molecule has 0 radical (unpaired) electrons. The second-order valence-corrected chi connectivity index (χ2v) is 10.6. The molecule has 1 fully saturated rings. The van der Waals surface area contributed by atoms with Crippen LogP contribution in [-0.4, -0.2) is 73.3 Å². The van der Waals surface area contributed by atoms with Gasteiger partial charge in [-0.15, -0.1) is 0 Å². The predicted octanol–water partition coefficient (Wildman–Crippen LogP) is 3.89. The van der Waals surface area contributed by atoms with Crippen LogP contribution in [0.5, 0.6) is 0 Å². The van der Waals surface area contributed by atoms with Gasteiger partial charge in [-0.05, 0) is 74.2 Å². The predicted molar refractivity (Wildman–Crippen MR) is 154 cm³/mol. The van der Waals surface area contributed by atoms with Crippen molar-refractivity contribution in [1.29, 1.82) is 0 Å². The van der Waals surface area contributed by atoms with E-state index in [2.05, 4.69) is 31.2 Å². The zero-order valence-electron chi connectivity index (χ0n) is 22.7. The quantitative estimate of drug-likeness (QED) is 0.285. The number of carbonyl (C=O) groups is 1. The number of nitrogens with one attached hydrogen (secondary N) is 1. The number of rotatable bonds is 9. The van der Waals surface area contributed by atoms with E-state index in [-0.39, 0.29) is 12.2 Å². The van der Waals surface area contributed by atoms with Crippen LogP contribution in [0.1, 0.15) is 40.9 Å². The van der Waals surface area contributed by atoms with Gasteiger partial charge in [0.15, 0.2) is 0 Å². The van der Waals surface area contributed by atoms with Crippen molar-refractivity contribution in [2.45, 2.75) is 25.7 Å². The lowest BCUT2D eigenvalue weighted by atomic mass is 9.94. The summed E-state index contributed by atoms with van der Waals surface area (Å²) in [6.45, 7) is 3.31. The Kier molecular flexibility index (Phi) is 7.93. The molecule has 4 heterocycles. The van der Waals surface area contributed by atoms with E-state index in [0.717, 1.165) is 61.1 Å². The Morgan fingerprint density at radius 1 is 1.05 bits per heavy atom. The minimum atomic E-state index is -0.609. The van der Waals surface area contributed by atoms with Crippen molar-refractivity contribution in [3.8, 4) is 11.3 Å². The SMILES string of the molecule is O=C(NCCN1CCC(CCO)CC1)c1ccc(-c2cnc3ncc(Cc4ccc5ncccc5c4)n3n2)cc1F. The zero-order chi connectivity index (χ0) is 28.2. The molecule has 41 heavy (non-hydrogen) atoms. The van der Waals surface area contributed by atoms with Gasteiger partial charge in [-0.2, -0.15) is 5.10 Å². The summed E-state index contributed by atoms with van der Waals surface area (Å²) in [5, 5.41) is 17.7. The molecule has 0 unspecified atom stereocenters. The average Bonchev–Trinajstić information content (AvgIpc) is 3.39. The van der Waals surface area contributed by atoms with E-state index in [9.17, 15) is 4.79 Å². The molecule has 0 saturated carbocycles. The summed E-state index contributed by atoms with van der Waals surface area (Å²) in [6, 6.07) is 14.6. The Morgan fingerprint density at radius 2 is 1.90 bits per heavy atom. The van der Waals surface area contributed by atoms with Crippen LogP contribution in [0.2, 0.25) is 0 Å². The molecule has 5 aromatic rings. The monoisotopic (exact) mass is 553 g/mol. The van der Waals surface area contributed by atoms with Gasteiger partial charge in [0.25, 0.3) is 11.7 Å². The first-order valence-corrected chi connectivity index (χ1v) is 14.0. The van der Waals surface area contributed by atoms with Crippen LogP contribution < -0.4 is 5.32 Å². The third-order valence-electron chi connectivity index (χ3n) is 7.82. The number of benzene rings is 2. The number of piperidine rings is 1. The Bertz CT molecular complexity index is 1680. The standard InChI is InChI=1S/C31H32FN7O2/c32-27-18-24(4-5-26(27)30(41)34-11-14-38-12-7-21(8-13-38)9-15-40)29-20-36-31-35-19-25(39(31)37-29)17-22-3-6-28-23(16-22)2-1-10-33-28/h1-6,10,16,18-21,40H,7-9,11-15,17H2,(H,34,41). The topological polar surface area (TPSA) is 109 Å². The van der Waals surface area contributed by atoms with Crippen molar-refractivity contribution in [3.63, 3.8) is 0 Å². The van der Waals surface area contributed by atoms with Crippen LogP contribution in [0.3, 0.4) is 0 Å². The highest BCUT2D eigenvalue weighted by Gasteiger charge is 2.19. The van der Waals surface area contributed by atoms with Crippen LogP contribution in [0.4, 0.5) is 4.39 Å². The van der Waals surface area contributed by atoms with Crippen LogP contribution in [0, 0.1) is 11.7 Å². The molecule has 10 heteroatoms. The second-order valence-electron chi connectivity index (χ2n) is 10.6. The lowest BCUT2D eigenvalue weighted by molar-refractivity contribution is 0.0938. The Hall–Kier alpha value is -4.28. The summed E-state index contributed by atoms with van der Waals surface area (Å²) >= 11 is 0. The number of likely N-dealkylation sites (tertiary alicyclic amines) is 1. The molecule has 210 valence electrons. The van der Waals surface area contributed by atoms with E-state index in [4.69, 9.17) is 10.2 Å². The molecular formula is C31H32FN7O2. The number of hydrogen-bond acceptors (Lipinski definition) is 7. The summed E-state index contributed by atoms with van der Waals surface area (Å²) in [4.78, 5) is 28.2. The fourth-order valence-electron chi connectivity index (χ4n) is 5.48. The maximum Gasteiger partial charge on any atom is 0.254 e. The largest absolute Gasteiger partial charge is 0.396 e. The molecule has 2 N–H and O–H groups in total. The number of pyridine rings is 1. The van der Waals surface area contributed by atoms with Gasteiger partial charge in [0.1, 0.15) is 11.5 Å². The molecule has 1 amide bonds. The van der Waals surface area contributed by atoms with E-state index in [1.807, 2.05) is 24.3 Å². The fraction of sp³-hybridized carbons (Fsp3) is 0.323. The number of aliphatic hydroxyl groups is 1. The Morgan fingerprint density at radius 3 is 2.73 bits per heavy atom. The van der Waals surface area contributed by atoms with Crippen LogP contribution >= 0.6 is 0 Å². The van der Waals surface area contributed by atoms with Gasteiger partial charge < -0.3 is 15.3 Å². The van der Waals surface area contributed by atoms with Gasteiger partial charge >= 0.3 is 0 Å². The van der Waals surface area contributed by atoms with Crippen molar-refractivity contribution in [2.75, 3.05) is 32.8 Å². The summed E-state index contributed by atoms with van der Waals surface area (Å²) in [5.74, 6) is -0.0116. The first-order valence-electron chi connectivity index (χ1n) is 14.0. The number of halogens is 1. The van der Waals surface area contributed by atoms with Crippen molar-refractivity contribution >= 4 is 22.6 Å². The van der Waals surface area contributed by atoms with Crippen molar-refractivity contribution in [1.82, 2.24) is 34.8 Å². The summed E-state index contributed by atoms with van der Waals surface area (Å²) in [6.07, 6.45) is 8.65. The molecule has 0 aliphatic carbocycles. The van der Waals surface area contributed by atoms with E-state index in [1.54, 1.807) is 29.2 Å². The highest BCUT2D eigenvalue weighted by atomic mass is 19.1. The maximum atomic E-state index is 15.1. The van der Waals surface area contributed by atoms with Crippen LogP contribution in [-0.2, 0) is 6.42 Å². The van der Waals surface area contributed by atoms with Gasteiger partial charge in [-0.1, -0.05) is 18.2 Å². The number of carbonyl (C=O) groups excluding carboxylic acids is 1. The normalized spacial score (nSPS) is 14.6.